The number of nitrogens with zero attached hydrogens (tertiary/aromatic N) is 5. The van der Waals surface area contributed by atoms with E-state index in [1.54, 1.807) is 29.7 Å². The number of piperidine rings is 1. The third-order valence-electron chi connectivity index (χ3n) is 6.05. The Morgan fingerprint density at radius 2 is 1.94 bits per heavy atom. The molecule has 1 saturated heterocycles. The van der Waals surface area contributed by atoms with Crippen LogP contribution in [-0.2, 0) is 0 Å². The van der Waals surface area contributed by atoms with Gasteiger partial charge in [-0.15, -0.1) is 11.3 Å². The first-order chi connectivity index (χ1) is 16.5. The molecule has 4 aromatic rings. The minimum absolute atomic E-state index is 0.228. The van der Waals surface area contributed by atoms with Crippen molar-refractivity contribution >= 4 is 22.2 Å². The summed E-state index contributed by atoms with van der Waals surface area (Å²) in [5.41, 5.74) is 3.22. The molecule has 0 spiro atoms. The maximum Gasteiger partial charge on any atom is 0.223 e. The minimum atomic E-state index is -0.603. The lowest BCUT2D eigenvalue weighted by atomic mass is 10.1. The van der Waals surface area contributed by atoms with Crippen LogP contribution in [-0.4, -0.2) is 61.4 Å². The molecule has 1 aromatic carbocycles. The van der Waals surface area contributed by atoms with Crippen LogP contribution in [0.15, 0.2) is 42.7 Å². The van der Waals surface area contributed by atoms with Crippen molar-refractivity contribution in [2.45, 2.75) is 39.1 Å². The highest BCUT2D eigenvalue weighted by Gasteiger charge is 2.24. The molecule has 1 unspecified atom stereocenters. The number of nitrogens with one attached hydrogen (secondary N) is 2. The smallest absolute Gasteiger partial charge is 0.223 e. The first-order valence-electron chi connectivity index (χ1n) is 11.5. The summed E-state index contributed by atoms with van der Waals surface area (Å²) in [5, 5.41) is 16.7. The summed E-state index contributed by atoms with van der Waals surface area (Å²) in [4.78, 5) is 18.2. The molecule has 34 heavy (non-hydrogen) atoms. The van der Waals surface area contributed by atoms with E-state index >= 15 is 0 Å². The predicted octanol–water partition coefficient (Wildman–Crippen LogP) is 3.73. The number of halogens is 1. The van der Waals surface area contributed by atoms with Crippen LogP contribution < -0.4 is 10.6 Å². The molecule has 0 saturated carbocycles. The Morgan fingerprint density at radius 3 is 2.68 bits per heavy atom. The number of imidazole rings is 1. The van der Waals surface area contributed by atoms with Gasteiger partial charge < -0.3 is 10.4 Å². The van der Waals surface area contributed by atoms with E-state index in [2.05, 4.69) is 21.8 Å². The summed E-state index contributed by atoms with van der Waals surface area (Å²) in [6, 6.07) is 8.49. The van der Waals surface area contributed by atoms with E-state index in [4.69, 9.17) is 9.97 Å². The van der Waals surface area contributed by atoms with Crippen molar-refractivity contribution in [1.29, 1.82) is 0 Å². The van der Waals surface area contributed by atoms with Gasteiger partial charge in [-0.25, -0.2) is 19.3 Å². The molecule has 10 heteroatoms. The standard InChI is InChI=1S/C24H28FN7OS/c1-3-26-23(33)31-12-9-18(10-13-31)28-22-27-11-8-19(29-22)21-20(16-4-6-17(25)7-5-16)30-24-32(21)14-15(2)34-24/h4-8,11,14,18,23,26,33H,3,9-10,12-13H2,1-2H3,(H,27,28,29). The Kier molecular flexibility index (Phi) is 6.55. The molecule has 3 N–H and O–H groups in total. The number of benzene rings is 1. The highest BCUT2D eigenvalue weighted by atomic mass is 32.1. The fourth-order valence-corrected chi connectivity index (χ4v) is 5.18. The molecule has 178 valence electrons. The van der Waals surface area contributed by atoms with Crippen LogP contribution in [0.3, 0.4) is 0 Å². The maximum atomic E-state index is 13.5. The quantitative estimate of drug-likeness (QED) is 0.347. The summed E-state index contributed by atoms with van der Waals surface area (Å²) in [6.45, 7) is 6.34. The van der Waals surface area contributed by atoms with Crippen molar-refractivity contribution in [2.24, 2.45) is 0 Å². The predicted molar refractivity (Wildman–Crippen MR) is 132 cm³/mol. The van der Waals surface area contributed by atoms with E-state index in [0.717, 1.165) is 65.0 Å². The van der Waals surface area contributed by atoms with Gasteiger partial charge in [0.15, 0.2) is 11.3 Å². The Balaban J connectivity index is 1.41. The molecule has 5 rings (SSSR count). The molecule has 0 bridgehead atoms. The second kappa shape index (κ2) is 9.75. The number of aliphatic hydroxyl groups is 1. The number of thiazole rings is 1. The number of hydrogen-bond acceptors (Lipinski definition) is 8. The first kappa shape index (κ1) is 22.9. The van der Waals surface area contributed by atoms with Crippen LogP contribution >= 0.6 is 11.3 Å². The zero-order chi connectivity index (χ0) is 23.7. The van der Waals surface area contributed by atoms with Crippen LogP contribution in [0.2, 0.25) is 0 Å². The lowest BCUT2D eigenvalue weighted by Gasteiger charge is -2.35. The molecule has 1 fully saturated rings. The lowest BCUT2D eigenvalue weighted by molar-refractivity contribution is -0.0322. The summed E-state index contributed by atoms with van der Waals surface area (Å²) >= 11 is 1.61. The number of fused-ring (bicyclic) bond motifs is 1. The van der Waals surface area contributed by atoms with E-state index in [-0.39, 0.29) is 11.9 Å². The monoisotopic (exact) mass is 481 g/mol. The SMILES string of the molecule is CCNC(O)N1CCC(Nc2nccc(-c3c(-c4ccc(F)cc4)nc4sc(C)cn34)n2)CC1. The van der Waals surface area contributed by atoms with Crippen molar-refractivity contribution in [3.8, 4) is 22.6 Å². The van der Waals surface area contributed by atoms with Crippen molar-refractivity contribution in [3.63, 3.8) is 0 Å². The first-order valence-corrected chi connectivity index (χ1v) is 12.3. The highest BCUT2D eigenvalue weighted by Crippen LogP contribution is 2.34. The number of aromatic nitrogens is 4. The summed E-state index contributed by atoms with van der Waals surface area (Å²) < 4.78 is 15.6. The molecule has 0 radical (unpaired) electrons. The van der Waals surface area contributed by atoms with Crippen molar-refractivity contribution < 1.29 is 9.50 Å². The van der Waals surface area contributed by atoms with E-state index < -0.39 is 6.35 Å². The number of aryl methyl sites for hydroxylation is 1. The molecular weight excluding hydrogens is 453 g/mol. The van der Waals surface area contributed by atoms with Crippen LogP contribution in [0.4, 0.5) is 10.3 Å². The summed E-state index contributed by atoms with van der Waals surface area (Å²) in [7, 11) is 0. The maximum absolute atomic E-state index is 13.5. The fourth-order valence-electron chi connectivity index (χ4n) is 4.35. The number of hydrogen-bond donors (Lipinski definition) is 3. The van der Waals surface area contributed by atoms with Gasteiger partial charge in [0, 0.05) is 42.0 Å². The van der Waals surface area contributed by atoms with Gasteiger partial charge in [0.1, 0.15) is 11.5 Å². The van der Waals surface area contributed by atoms with Crippen LogP contribution in [0.1, 0.15) is 24.6 Å². The van der Waals surface area contributed by atoms with Gasteiger partial charge in [-0.3, -0.25) is 14.6 Å². The molecule has 1 aliphatic rings. The van der Waals surface area contributed by atoms with E-state index in [0.29, 0.717) is 5.95 Å². The highest BCUT2D eigenvalue weighted by molar-refractivity contribution is 7.17. The molecule has 0 aliphatic carbocycles. The molecule has 1 aliphatic heterocycles. The zero-order valence-electron chi connectivity index (χ0n) is 19.2. The molecule has 1 atom stereocenters. The van der Waals surface area contributed by atoms with Crippen LogP contribution in [0.25, 0.3) is 27.6 Å². The Morgan fingerprint density at radius 1 is 1.18 bits per heavy atom. The van der Waals surface area contributed by atoms with E-state index in [1.807, 2.05) is 29.2 Å². The van der Waals surface area contributed by atoms with Gasteiger partial charge >= 0.3 is 0 Å². The van der Waals surface area contributed by atoms with Gasteiger partial charge in [0.2, 0.25) is 5.95 Å². The van der Waals surface area contributed by atoms with Crippen molar-refractivity contribution in [2.75, 3.05) is 25.0 Å². The van der Waals surface area contributed by atoms with Crippen LogP contribution in [0.5, 0.6) is 0 Å². The van der Waals surface area contributed by atoms with Crippen LogP contribution in [0, 0.1) is 12.7 Å². The topological polar surface area (TPSA) is 90.6 Å². The zero-order valence-corrected chi connectivity index (χ0v) is 20.0. The number of rotatable bonds is 7. The molecular formula is C24H28FN7OS. The van der Waals surface area contributed by atoms with Gasteiger partial charge in [-0.2, -0.15) is 0 Å². The van der Waals surface area contributed by atoms with Crippen molar-refractivity contribution in [3.05, 3.63) is 53.4 Å². The average molecular weight is 482 g/mol. The third-order valence-corrected chi connectivity index (χ3v) is 6.95. The van der Waals surface area contributed by atoms with Gasteiger partial charge in [0.25, 0.3) is 0 Å². The number of likely N-dealkylation sites (tertiary alicyclic amines) is 1. The van der Waals surface area contributed by atoms with Gasteiger partial charge in [-0.05, 0) is 56.6 Å². The summed E-state index contributed by atoms with van der Waals surface area (Å²) in [5.74, 6) is 0.287. The Labute approximate surface area is 201 Å². The second-order valence-electron chi connectivity index (χ2n) is 8.46. The van der Waals surface area contributed by atoms with Crippen molar-refractivity contribution in [1.82, 2.24) is 29.6 Å². The molecule has 3 aromatic heterocycles. The van der Waals surface area contributed by atoms with Gasteiger partial charge in [-0.1, -0.05) is 6.92 Å². The Bertz CT molecular complexity index is 1260. The number of aliphatic hydroxyl groups excluding tert-OH is 1. The van der Waals surface area contributed by atoms with E-state index in [9.17, 15) is 9.50 Å². The minimum Gasteiger partial charge on any atom is -0.365 e. The van der Waals surface area contributed by atoms with Gasteiger partial charge in [0.05, 0.1) is 11.4 Å². The average Bonchev–Trinajstić information content (AvgIpc) is 3.36. The molecule has 8 nitrogen and oxygen atoms in total. The lowest BCUT2D eigenvalue weighted by Crippen LogP contribution is -2.50. The third kappa shape index (κ3) is 4.67. The fraction of sp³-hybridized carbons (Fsp3) is 0.375. The normalized spacial score (nSPS) is 16.2. The second-order valence-corrected chi connectivity index (χ2v) is 9.67. The van der Waals surface area contributed by atoms with E-state index in [1.165, 1.54) is 12.1 Å². The molecule has 0 amide bonds. The number of anilines is 1. The molecule has 4 heterocycles. The summed E-state index contributed by atoms with van der Waals surface area (Å²) in [6.07, 6.45) is 4.97. The largest absolute Gasteiger partial charge is 0.365 e. The Hall–Kier alpha value is -2.92.